The van der Waals surface area contributed by atoms with Crippen LogP contribution in [-0.2, 0) is 23.9 Å². The molecule has 0 radical (unpaired) electrons. The summed E-state index contributed by atoms with van der Waals surface area (Å²) in [5, 5.41) is 12.4. The van der Waals surface area contributed by atoms with Crippen molar-refractivity contribution >= 4 is 35.6 Å². The molecule has 50 heavy (non-hydrogen) atoms. The molecule has 0 saturated heterocycles. The average Bonchev–Trinajstić information content (AvgIpc) is 3.14. The zero-order valence-corrected chi connectivity index (χ0v) is 27.7. The molecule has 0 aliphatic carbocycles. The van der Waals surface area contributed by atoms with Crippen LogP contribution in [0.3, 0.4) is 0 Å². The van der Waals surface area contributed by atoms with Crippen LogP contribution in [0.5, 0.6) is 23.0 Å². The number of esters is 3. The van der Waals surface area contributed by atoms with E-state index in [1.54, 1.807) is 54.6 Å². The predicted octanol–water partition coefficient (Wildman–Crippen LogP) is 6.24. The van der Waals surface area contributed by atoms with Gasteiger partial charge in [0, 0.05) is 23.4 Å². The lowest BCUT2D eigenvalue weighted by atomic mass is 10.1. The highest BCUT2D eigenvalue weighted by atomic mass is 16.5. The van der Waals surface area contributed by atoms with Gasteiger partial charge in [0.15, 0.2) is 11.5 Å². The first kappa shape index (κ1) is 38.1. The van der Waals surface area contributed by atoms with E-state index >= 15 is 0 Å². The van der Waals surface area contributed by atoms with Crippen LogP contribution in [0.25, 0.3) is 6.08 Å². The molecule has 0 heterocycles. The number of rotatable bonds is 20. The van der Waals surface area contributed by atoms with E-state index in [-0.39, 0.29) is 23.8 Å². The van der Waals surface area contributed by atoms with E-state index < -0.39 is 17.9 Å². The molecule has 12 nitrogen and oxygen atoms in total. The number of hydrogen-bond donors (Lipinski definition) is 1. The molecule has 0 bridgehead atoms. The van der Waals surface area contributed by atoms with Crippen molar-refractivity contribution in [2.45, 2.75) is 25.7 Å². The number of nitrogens with one attached hydrogen (secondary N) is 1. The standard InChI is InChI=1S/C38H38N2O10/c1-4-35(41)48-22-8-6-20-46-31-15-11-28(12-16-31)37(43)40-30-13-17-32(18-14-30)50-38(44)29(26-39)24-27-10-19-33(34(25-27)45-3)47-21-7-9-23-49-36(42)5-2/h4-5,10-19,24-25H,1-2,6-9,20-23H2,3H3,(H,40,43)/b29-24+. The first-order chi connectivity index (χ1) is 24.3. The van der Waals surface area contributed by atoms with Gasteiger partial charge in [0.25, 0.3) is 5.91 Å². The number of benzene rings is 3. The van der Waals surface area contributed by atoms with Gasteiger partial charge in [-0.1, -0.05) is 19.2 Å². The Hall–Kier alpha value is -6.35. The molecule has 0 aromatic heterocycles. The Labute approximate surface area is 290 Å². The number of carbonyl (C=O) groups is 4. The minimum absolute atomic E-state index is 0.176. The summed E-state index contributed by atoms with van der Waals surface area (Å²) in [4.78, 5) is 47.6. The molecule has 260 valence electrons. The van der Waals surface area contributed by atoms with Crippen LogP contribution in [-0.4, -0.2) is 57.4 Å². The molecule has 3 rings (SSSR count). The largest absolute Gasteiger partial charge is 0.494 e. The van der Waals surface area contributed by atoms with Gasteiger partial charge < -0.3 is 33.7 Å². The number of amides is 1. The van der Waals surface area contributed by atoms with Crippen LogP contribution < -0.4 is 24.3 Å². The maximum atomic E-state index is 12.8. The lowest BCUT2D eigenvalue weighted by molar-refractivity contribution is -0.138. The maximum absolute atomic E-state index is 12.8. The molecule has 0 aliphatic heterocycles. The van der Waals surface area contributed by atoms with Crippen molar-refractivity contribution in [2.24, 2.45) is 0 Å². The average molecular weight is 683 g/mol. The minimum Gasteiger partial charge on any atom is -0.494 e. The third kappa shape index (κ3) is 13.0. The summed E-state index contributed by atoms with van der Waals surface area (Å²) in [6, 6.07) is 19.6. The van der Waals surface area contributed by atoms with Gasteiger partial charge in [-0.25, -0.2) is 14.4 Å². The Balaban J connectivity index is 1.48. The molecular formula is C38H38N2O10. The Morgan fingerprint density at radius 2 is 1.32 bits per heavy atom. The van der Waals surface area contributed by atoms with Gasteiger partial charge >= 0.3 is 17.9 Å². The van der Waals surface area contributed by atoms with Crippen LogP contribution in [0.4, 0.5) is 5.69 Å². The fraction of sp³-hybridized carbons (Fsp3) is 0.237. The number of carbonyl (C=O) groups excluding carboxylic acids is 4. The number of methoxy groups -OCH3 is 1. The fourth-order valence-electron chi connectivity index (χ4n) is 4.11. The van der Waals surface area contributed by atoms with E-state index in [9.17, 15) is 24.4 Å². The number of ether oxygens (including phenoxy) is 6. The van der Waals surface area contributed by atoms with Gasteiger partial charge in [-0.15, -0.1) is 0 Å². The molecule has 0 saturated carbocycles. The molecule has 0 spiro atoms. The number of hydrogen-bond acceptors (Lipinski definition) is 11. The molecular weight excluding hydrogens is 644 g/mol. The zero-order chi connectivity index (χ0) is 36.1. The number of unbranched alkanes of at least 4 members (excludes halogenated alkanes) is 2. The lowest BCUT2D eigenvalue weighted by Crippen LogP contribution is -2.12. The second kappa shape index (κ2) is 20.8. The quantitative estimate of drug-likeness (QED) is 0.0473. The minimum atomic E-state index is -0.862. The summed E-state index contributed by atoms with van der Waals surface area (Å²) in [6.07, 6.45) is 6.18. The lowest BCUT2D eigenvalue weighted by Gasteiger charge is -2.11. The molecule has 3 aromatic rings. The SMILES string of the molecule is C=CC(=O)OCCCCOc1ccc(C(=O)Nc2ccc(OC(=O)/C(C#N)=C/c3ccc(OCCCCOC(=O)C=C)c(OC)c3)cc2)cc1. The first-order valence-electron chi connectivity index (χ1n) is 15.6. The van der Waals surface area contributed by atoms with E-state index in [0.29, 0.717) is 79.6 Å². The molecule has 1 N–H and O–H groups in total. The van der Waals surface area contributed by atoms with Gasteiger partial charge in [-0.05, 0) is 98.0 Å². The summed E-state index contributed by atoms with van der Waals surface area (Å²) in [5.41, 5.74) is 1.15. The fourth-order valence-corrected chi connectivity index (χ4v) is 4.11. The van der Waals surface area contributed by atoms with Gasteiger partial charge in [-0.2, -0.15) is 5.26 Å². The Morgan fingerprint density at radius 3 is 1.90 bits per heavy atom. The van der Waals surface area contributed by atoms with E-state index in [1.165, 1.54) is 25.3 Å². The van der Waals surface area contributed by atoms with Crippen LogP contribution in [0.2, 0.25) is 0 Å². The zero-order valence-electron chi connectivity index (χ0n) is 27.7. The first-order valence-corrected chi connectivity index (χ1v) is 15.6. The highest BCUT2D eigenvalue weighted by Crippen LogP contribution is 2.29. The second-order valence-electron chi connectivity index (χ2n) is 10.3. The van der Waals surface area contributed by atoms with Crippen molar-refractivity contribution in [3.8, 4) is 29.1 Å². The normalized spacial score (nSPS) is 10.5. The van der Waals surface area contributed by atoms with Crippen molar-refractivity contribution < 1.29 is 47.6 Å². The Bertz CT molecular complexity index is 1710. The molecule has 0 atom stereocenters. The number of nitriles is 1. The smallest absolute Gasteiger partial charge is 0.354 e. The van der Waals surface area contributed by atoms with E-state index in [4.69, 9.17) is 28.4 Å². The van der Waals surface area contributed by atoms with Crippen LogP contribution in [0.1, 0.15) is 41.6 Å². The summed E-state index contributed by atoms with van der Waals surface area (Å²) in [6.45, 7) is 8.03. The maximum Gasteiger partial charge on any atom is 0.354 e. The van der Waals surface area contributed by atoms with E-state index in [2.05, 4.69) is 18.5 Å². The second-order valence-corrected chi connectivity index (χ2v) is 10.3. The molecule has 1 amide bonds. The summed E-state index contributed by atoms with van der Waals surface area (Å²) in [7, 11) is 1.47. The molecule has 0 unspecified atom stereocenters. The number of anilines is 1. The van der Waals surface area contributed by atoms with Gasteiger partial charge in [0.1, 0.15) is 23.1 Å². The highest BCUT2D eigenvalue weighted by molar-refractivity contribution is 6.04. The van der Waals surface area contributed by atoms with Gasteiger partial charge in [0.2, 0.25) is 0 Å². The monoisotopic (exact) mass is 682 g/mol. The topological polar surface area (TPSA) is 159 Å². The van der Waals surface area contributed by atoms with E-state index in [0.717, 1.165) is 12.2 Å². The summed E-state index contributed by atoms with van der Waals surface area (Å²) in [5.74, 6) is -0.489. The van der Waals surface area contributed by atoms with Crippen molar-refractivity contribution in [2.75, 3.05) is 38.9 Å². The third-order valence-electron chi connectivity index (χ3n) is 6.70. The van der Waals surface area contributed by atoms with Gasteiger partial charge in [0.05, 0.1) is 33.5 Å². The van der Waals surface area contributed by atoms with E-state index in [1.807, 2.05) is 6.07 Å². The van der Waals surface area contributed by atoms with Crippen molar-refractivity contribution in [3.63, 3.8) is 0 Å². The van der Waals surface area contributed by atoms with Crippen LogP contribution >= 0.6 is 0 Å². The molecule has 0 aliphatic rings. The molecule has 3 aromatic carbocycles. The number of nitrogens with zero attached hydrogens (tertiary/aromatic N) is 1. The predicted molar refractivity (Wildman–Crippen MR) is 185 cm³/mol. The van der Waals surface area contributed by atoms with Crippen LogP contribution in [0.15, 0.2) is 97.6 Å². The Morgan fingerprint density at radius 1 is 0.740 bits per heavy atom. The van der Waals surface area contributed by atoms with Gasteiger partial charge in [-0.3, -0.25) is 4.79 Å². The van der Waals surface area contributed by atoms with Crippen molar-refractivity contribution in [1.29, 1.82) is 5.26 Å². The highest BCUT2D eigenvalue weighted by Gasteiger charge is 2.14. The summed E-state index contributed by atoms with van der Waals surface area (Å²) >= 11 is 0. The third-order valence-corrected chi connectivity index (χ3v) is 6.70. The molecule has 0 fully saturated rings. The van der Waals surface area contributed by atoms with Crippen molar-refractivity contribution in [1.82, 2.24) is 0 Å². The van der Waals surface area contributed by atoms with Crippen molar-refractivity contribution in [3.05, 3.63) is 109 Å². The molecule has 12 heteroatoms. The van der Waals surface area contributed by atoms with Crippen LogP contribution in [0, 0.1) is 11.3 Å². The Kier molecular flexibility index (Phi) is 15.8. The summed E-state index contributed by atoms with van der Waals surface area (Å²) < 4.78 is 32.0.